The van der Waals surface area contributed by atoms with E-state index in [9.17, 15) is 4.79 Å². The van der Waals surface area contributed by atoms with Gasteiger partial charge in [-0.1, -0.05) is 0 Å². The average Bonchev–Trinajstić information content (AvgIpc) is 2.76. The van der Waals surface area contributed by atoms with Crippen molar-refractivity contribution in [2.24, 2.45) is 29.6 Å². The summed E-state index contributed by atoms with van der Waals surface area (Å²) in [5.41, 5.74) is 0. The second kappa shape index (κ2) is 4.68. The summed E-state index contributed by atoms with van der Waals surface area (Å²) in [6.07, 6.45) is 4.12. The van der Waals surface area contributed by atoms with Crippen LogP contribution in [0.25, 0.3) is 0 Å². The first kappa shape index (κ1) is 12.7. The smallest absolute Gasteiger partial charge is 0.226 e. The Morgan fingerprint density at radius 2 is 2.00 bits per heavy atom. The summed E-state index contributed by atoms with van der Waals surface area (Å²) >= 11 is 6.12. The van der Waals surface area contributed by atoms with Crippen molar-refractivity contribution in [1.82, 2.24) is 4.90 Å². The van der Waals surface area contributed by atoms with Gasteiger partial charge in [-0.15, -0.1) is 11.6 Å². The van der Waals surface area contributed by atoms with Crippen LogP contribution in [0.4, 0.5) is 0 Å². The Kier molecular flexibility index (Phi) is 3.31. The van der Waals surface area contributed by atoms with Crippen molar-refractivity contribution in [3.63, 3.8) is 0 Å². The first-order valence-corrected chi connectivity index (χ1v) is 7.45. The first-order valence-electron chi connectivity index (χ1n) is 7.01. The number of hydrogen-bond donors (Lipinski definition) is 0. The third-order valence-electron chi connectivity index (χ3n) is 5.22. The molecule has 1 amide bonds. The van der Waals surface area contributed by atoms with Gasteiger partial charge in [0, 0.05) is 26.6 Å². The van der Waals surface area contributed by atoms with Crippen molar-refractivity contribution in [3.8, 4) is 0 Å². The summed E-state index contributed by atoms with van der Waals surface area (Å²) in [6.45, 7) is 1.10. The summed E-state index contributed by atoms with van der Waals surface area (Å²) < 4.78 is 5.01. The quantitative estimate of drug-likeness (QED) is 0.716. The Hall–Kier alpha value is -0.280. The van der Waals surface area contributed by atoms with E-state index in [1.54, 1.807) is 7.11 Å². The van der Waals surface area contributed by atoms with Gasteiger partial charge in [0.25, 0.3) is 0 Å². The number of methoxy groups -OCH3 is 1. The molecule has 3 aliphatic rings. The Morgan fingerprint density at radius 1 is 1.39 bits per heavy atom. The molecule has 4 heteroatoms. The summed E-state index contributed by atoms with van der Waals surface area (Å²) in [5, 5.41) is -0.0979. The van der Waals surface area contributed by atoms with E-state index >= 15 is 0 Å². The highest BCUT2D eigenvalue weighted by molar-refractivity contribution is 6.21. The SMILES string of the molecule is COCC(Cl)CN(C)C(=O)C1C2C3CCC(C3)C12. The van der Waals surface area contributed by atoms with E-state index in [-0.39, 0.29) is 5.38 Å². The van der Waals surface area contributed by atoms with Crippen LogP contribution in [0, 0.1) is 29.6 Å². The van der Waals surface area contributed by atoms with Crippen LogP contribution in [0.1, 0.15) is 19.3 Å². The number of amides is 1. The van der Waals surface area contributed by atoms with Gasteiger partial charge < -0.3 is 9.64 Å². The molecule has 0 aliphatic heterocycles. The molecule has 3 aliphatic carbocycles. The molecule has 0 aromatic heterocycles. The Labute approximate surface area is 114 Å². The van der Waals surface area contributed by atoms with Gasteiger partial charge in [0.15, 0.2) is 0 Å². The highest BCUT2D eigenvalue weighted by Crippen LogP contribution is 2.69. The number of halogens is 1. The largest absolute Gasteiger partial charge is 0.383 e. The Morgan fingerprint density at radius 3 is 2.56 bits per heavy atom. The number of hydrogen-bond acceptors (Lipinski definition) is 2. The predicted octanol–water partition coefficient (Wildman–Crippen LogP) is 1.99. The molecule has 0 heterocycles. The van der Waals surface area contributed by atoms with Crippen molar-refractivity contribution in [2.75, 3.05) is 27.3 Å². The van der Waals surface area contributed by atoms with Gasteiger partial charge >= 0.3 is 0 Å². The zero-order valence-corrected chi connectivity index (χ0v) is 11.9. The van der Waals surface area contributed by atoms with Gasteiger partial charge in [0.2, 0.25) is 5.91 Å². The lowest BCUT2D eigenvalue weighted by molar-refractivity contribution is -0.132. The molecule has 0 aromatic carbocycles. The first-order chi connectivity index (χ1) is 8.63. The minimum atomic E-state index is -0.0979. The van der Waals surface area contributed by atoms with Crippen LogP contribution in [0.5, 0.6) is 0 Å². The second-order valence-corrected chi connectivity index (χ2v) is 6.90. The highest BCUT2D eigenvalue weighted by Gasteiger charge is 2.67. The van der Waals surface area contributed by atoms with Crippen LogP contribution in [0.2, 0.25) is 0 Å². The fraction of sp³-hybridized carbons (Fsp3) is 0.929. The van der Waals surface area contributed by atoms with Crippen LogP contribution in [-0.2, 0) is 9.53 Å². The average molecular weight is 272 g/mol. The van der Waals surface area contributed by atoms with Crippen molar-refractivity contribution in [3.05, 3.63) is 0 Å². The molecule has 0 radical (unpaired) electrons. The second-order valence-electron chi connectivity index (χ2n) is 6.29. The monoisotopic (exact) mass is 271 g/mol. The Bertz CT molecular complexity index is 333. The van der Waals surface area contributed by atoms with Gasteiger partial charge in [-0.3, -0.25) is 4.79 Å². The van der Waals surface area contributed by atoms with Crippen LogP contribution in [0.3, 0.4) is 0 Å². The van der Waals surface area contributed by atoms with E-state index in [1.165, 1.54) is 19.3 Å². The van der Waals surface area contributed by atoms with Crippen molar-refractivity contribution in [2.45, 2.75) is 24.6 Å². The van der Waals surface area contributed by atoms with E-state index in [4.69, 9.17) is 16.3 Å². The number of nitrogens with zero attached hydrogens (tertiary/aromatic N) is 1. The minimum absolute atomic E-state index is 0.0979. The maximum absolute atomic E-state index is 12.4. The number of carbonyl (C=O) groups excluding carboxylic acids is 1. The maximum Gasteiger partial charge on any atom is 0.226 e. The maximum atomic E-state index is 12.4. The van der Waals surface area contributed by atoms with Gasteiger partial charge in [0.1, 0.15) is 0 Å². The van der Waals surface area contributed by atoms with Gasteiger partial charge in [0.05, 0.1) is 12.0 Å². The number of carbonyl (C=O) groups is 1. The lowest BCUT2D eigenvalue weighted by atomic mass is 10.0. The zero-order valence-electron chi connectivity index (χ0n) is 11.1. The van der Waals surface area contributed by atoms with Gasteiger partial charge in [-0.25, -0.2) is 0 Å². The van der Waals surface area contributed by atoms with E-state index in [0.717, 1.165) is 23.7 Å². The third-order valence-corrected chi connectivity index (χ3v) is 5.48. The molecule has 3 fully saturated rings. The Balaban J connectivity index is 1.53. The number of ether oxygens (including phenoxy) is 1. The molecule has 0 N–H and O–H groups in total. The molecule has 3 saturated carbocycles. The molecule has 5 unspecified atom stereocenters. The zero-order chi connectivity index (χ0) is 12.9. The summed E-state index contributed by atoms with van der Waals surface area (Å²) in [7, 11) is 3.52. The number of rotatable bonds is 5. The fourth-order valence-corrected chi connectivity index (χ4v) is 4.86. The van der Waals surface area contributed by atoms with Crippen molar-refractivity contribution in [1.29, 1.82) is 0 Å². The molecule has 2 bridgehead atoms. The van der Waals surface area contributed by atoms with E-state index in [1.807, 2.05) is 11.9 Å². The molecule has 5 atom stereocenters. The van der Waals surface area contributed by atoms with Crippen LogP contribution in [-0.4, -0.2) is 43.5 Å². The van der Waals surface area contributed by atoms with Crippen LogP contribution in [0.15, 0.2) is 0 Å². The molecule has 0 saturated heterocycles. The molecule has 0 aromatic rings. The fourth-order valence-electron chi connectivity index (χ4n) is 4.53. The normalized spacial score (nSPS) is 41.6. The standard InChI is InChI=1S/C14H22ClNO2/c1-16(6-10(15)7-18-2)14(17)13-11-8-3-4-9(5-8)12(11)13/h8-13H,3-7H2,1-2H3. The summed E-state index contributed by atoms with van der Waals surface area (Å²) in [6, 6.07) is 0. The molecular formula is C14H22ClNO2. The van der Waals surface area contributed by atoms with Crippen LogP contribution >= 0.6 is 11.6 Å². The highest BCUT2D eigenvalue weighted by atomic mass is 35.5. The van der Waals surface area contributed by atoms with E-state index in [2.05, 4.69) is 0 Å². The molecule has 18 heavy (non-hydrogen) atoms. The van der Waals surface area contributed by atoms with Gasteiger partial charge in [-0.2, -0.15) is 0 Å². The summed E-state index contributed by atoms with van der Waals surface area (Å²) in [5.74, 6) is 3.79. The molecule has 102 valence electrons. The van der Waals surface area contributed by atoms with Crippen molar-refractivity contribution >= 4 is 17.5 Å². The van der Waals surface area contributed by atoms with Crippen LogP contribution < -0.4 is 0 Å². The summed E-state index contributed by atoms with van der Waals surface area (Å²) in [4.78, 5) is 14.2. The minimum Gasteiger partial charge on any atom is -0.383 e. The predicted molar refractivity (Wildman–Crippen MR) is 70.5 cm³/mol. The molecule has 0 spiro atoms. The topological polar surface area (TPSA) is 29.5 Å². The molecule has 3 rings (SSSR count). The van der Waals surface area contributed by atoms with Gasteiger partial charge in [-0.05, 0) is 42.9 Å². The number of alkyl halides is 1. The lowest BCUT2D eigenvalue weighted by Gasteiger charge is -2.21. The lowest BCUT2D eigenvalue weighted by Crippen LogP contribution is -2.36. The van der Waals surface area contributed by atoms with E-state index in [0.29, 0.717) is 25.0 Å². The third kappa shape index (κ3) is 1.96. The molecule has 3 nitrogen and oxygen atoms in total. The van der Waals surface area contributed by atoms with Crippen molar-refractivity contribution < 1.29 is 9.53 Å². The molecular weight excluding hydrogens is 250 g/mol. The van der Waals surface area contributed by atoms with E-state index < -0.39 is 0 Å². The number of fused-ring (bicyclic) bond motifs is 5.